The minimum atomic E-state index is -1.02. The van der Waals surface area contributed by atoms with E-state index in [1.54, 1.807) is 0 Å². The Balaban J connectivity index is 1.80. The van der Waals surface area contributed by atoms with Gasteiger partial charge in [0.2, 0.25) is 0 Å². The van der Waals surface area contributed by atoms with Gasteiger partial charge in [0.25, 0.3) is 0 Å². The summed E-state index contributed by atoms with van der Waals surface area (Å²) in [6.07, 6.45) is 2.83. The molecular weight excluding hydrogens is 250 g/mol. The molecule has 1 aromatic rings. The van der Waals surface area contributed by atoms with Gasteiger partial charge in [-0.1, -0.05) is 19.8 Å². The first-order valence-electron chi connectivity index (χ1n) is 6.67. The van der Waals surface area contributed by atoms with E-state index >= 15 is 0 Å². The first-order chi connectivity index (χ1) is 9.24. The molecule has 19 heavy (non-hydrogen) atoms. The average Bonchev–Trinajstić information content (AvgIpc) is 3.02. The Kier molecular flexibility index (Phi) is 5.26. The van der Waals surface area contributed by atoms with Crippen LogP contribution < -0.4 is 0 Å². The highest BCUT2D eigenvalue weighted by Crippen LogP contribution is 2.28. The summed E-state index contributed by atoms with van der Waals surface area (Å²) in [6, 6.07) is 0. The normalized spacial score (nSPS) is 30.9. The predicted octanol–water partition coefficient (Wildman–Crippen LogP) is 0.104. The van der Waals surface area contributed by atoms with Gasteiger partial charge in [0.05, 0.1) is 6.61 Å². The molecule has 2 rings (SSSR count). The van der Waals surface area contributed by atoms with Crippen molar-refractivity contribution in [3.8, 4) is 0 Å². The van der Waals surface area contributed by atoms with Crippen molar-refractivity contribution in [2.75, 3.05) is 13.2 Å². The molecule has 7 heteroatoms. The highest BCUT2D eigenvalue weighted by molar-refractivity contribution is 4.88. The lowest BCUT2D eigenvalue weighted by Gasteiger charge is -2.14. The van der Waals surface area contributed by atoms with Crippen molar-refractivity contribution in [1.82, 2.24) is 14.8 Å². The Morgan fingerprint density at radius 2 is 2.16 bits per heavy atom. The smallest absolute Gasteiger partial charge is 0.180 e. The van der Waals surface area contributed by atoms with Crippen LogP contribution in [-0.4, -0.2) is 56.5 Å². The molecule has 1 aromatic heterocycles. The van der Waals surface area contributed by atoms with E-state index < -0.39 is 24.5 Å². The monoisotopic (exact) mass is 271 g/mol. The zero-order valence-electron chi connectivity index (χ0n) is 11.1. The van der Waals surface area contributed by atoms with E-state index in [1.807, 2.05) is 0 Å². The molecule has 108 valence electrons. The average molecular weight is 271 g/mol. The molecule has 4 atom stereocenters. The zero-order valence-corrected chi connectivity index (χ0v) is 11.1. The van der Waals surface area contributed by atoms with E-state index in [9.17, 15) is 10.2 Å². The van der Waals surface area contributed by atoms with Crippen LogP contribution in [-0.2, 0) is 9.47 Å². The number of aliphatic hydroxyl groups is 2. The Morgan fingerprint density at radius 3 is 2.84 bits per heavy atom. The van der Waals surface area contributed by atoms with Crippen LogP contribution in [0.2, 0.25) is 0 Å². The van der Waals surface area contributed by atoms with Gasteiger partial charge in [0.1, 0.15) is 31.0 Å². The molecule has 1 aliphatic heterocycles. The van der Waals surface area contributed by atoms with Crippen LogP contribution >= 0.6 is 0 Å². The highest BCUT2D eigenvalue weighted by atomic mass is 16.6. The third-order valence-corrected chi connectivity index (χ3v) is 3.21. The van der Waals surface area contributed by atoms with Crippen LogP contribution in [0.1, 0.15) is 32.4 Å². The lowest BCUT2D eigenvalue weighted by molar-refractivity contribution is -0.0715. The maximum Gasteiger partial charge on any atom is 0.180 e. The molecule has 7 nitrogen and oxygen atoms in total. The number of aromatic nitrogens is 3. The van der Waals surface area contributed by atoms with Crippen molar-refractivity contribution >= 4 is 0 Å². The van der Waals surface area contributed by atoms with Crippen LogP contribution in [0.15, 0.2) is 12.7 Å². The summed E-state index contributed by atoms with van der Waals surface area (Å²) in [6.45, 7) is 3.04. The summed E-state index contributed by atoms with van der Waals surface area (Å²) >= 11 is 0. The van der Waals surface area contributed by atoms with Gasteiger partial charge < -0.3 is 19.7 Å². The predicted molar refractivity (Wildman–Crippen MR) is 66.3 cm³/mol. The lowest BCUT2D eigenvalue weighted by Crippen LogP contribution is -2.34. The summed E-state index contributed by atoms with van der Waals surface area (Å²) in [5.41, 5.74) is 0. The maximum absolute atomic E-state index is 9.92. The van der Waals surface area contributed by atoms with Crippen LogP contribution in [0.3, 0.4) is 0 Å². The Labute approximate surface area is 112 Å². The third-order valence-electron chi connectivity index (χ3n) is 3.21. The van der Waals surface area contributed by atoms with Crippen molar-refractivity contribution in [3.05, 3.63) is 12.7 Å². The molecule has 0 spiro atoms. The number of hydrogen-bond acceptors (Lipinski definition) is 6. The molecule has 0 saturated carbocycles. The van der Waals surface area contributed by atoms with Crippen molar-refractivity contribution in [1.29, 1.82) is 0 Å². The fourth-order valence-electron chi connectivity index (χ4n) is 2.09. The van der Waals surface area contributed by atoms with Gasteiger partial charge in [-0.05, 0) is 6.42 Å². The molecule has 1 aliphatic rings. The van der Waals surface area contributed by atoms with Gasteiger partial charge in [-0.2, -0.15) is 5.10 Å². The number of hydrogen-bond donors (Lipinski definition) is 2. The van der Waals surface area contributed by atoms with Crippen LogP contribution in [0.25, 0.3) is 0 Å². The SMILES string of the molecule is CCCCCOC[C@H]1O[C@@H](n2cncn2)[C@H](O)[C@@H]1O. The molecule has 0 radical (unpaired) electrons. The number of nitrogens with zero attached hydrogens (tertiary/aromatic N) is 3. The first kappa shape index (κ1) is 14.4. The lowest BCUT2D eigenvalue weighted by atomic mass is 10.1. The van der Waals surface area contributed by atoms with Gasteiger partial charge in [-0.3, -0.25) is 0 Å². The second-order valence-corrected chi connectivity index (χ2v) is 4.70. The second kappa shape index (κ2) is 6.95. The zero-order chi connectivity index (χ0) is 13.7. The largest absolute Gasteiger partial charge is 0.387 e. The van der Waals surface area contributed by atoms with E-state index in [2.05, 4.69) is 17.0 Å². The van der Waals surface area contributed by atoms with E-state index in [-0.39, 0.29) is 6.61 Å². The van der Waals surface area contributed by atoms with Crippen molar-refractivity contribution in [3.63, 3.8) is 0 Å². The van der Waals surface area contributed by atoms with Crippen LogP contribution in [0.4, 0.5) is 0 Å². The third kappa shape index (κ3) is 3.50. The van der Waals surface area contributed by atoms with Crippen LogP contribution in [0, 0.1) is 0 Å². The molecular formula is C12H21N3O4. The quantitative estimate of drug-likeness (QED) is 0.684. The summed E-state index contributed by atoms with van der Waals surface area (Å²) in [7, 11) is 0. The molecule has 0 amide bonds. The summed E-state index contributed by atoms with van der Waals surface area (Å²) in [4.78, 5) is 3.80. The van der Waals surface area contributed by atoms with Crippen molar-refractivity contribution in [2.45, 2.75) is 50.7 Å². The van der Waals surface area contributed by atoms with Crippen molar-refractivity contribution < 1.29 is 19.7 Å². The Bertz CT molecular complexity index is 360. The summed E-state index contributed by atoms with van der Waals surface area (Å²) in [5, 5.41) is 23.7. The van der Waals surface area contributed by atoms with Crippen LogP contribution in [0.5, 0.6) is 0 Å². The van der Waals surface area contributed by atoms with E-state index in [4.69, 9.17) is 9.47 Å². The topological polar surface area (TPSA) is 89.6 Å². The molecule has 1 saturated heterocycles. The number of rotatable bonds is 7. The van der Waals surface area contributed by atoms with Gasteiger partial charge in [-0.15, -0.1) is 0 Å². The van der Waals surface area contributed by atoms with Crippen molar-refractivity contribution in [2.24, 2.45) is 0 Å². The minimum absolute atomic E-state index is 0.271. The fourth-order valence-corrected chi connectivity index (χ4v) is 2.09. The number of unbranched alkanes of at least 4 members (excludes halogenated alkanes) is 2. The first-order valence-corrected chi connectivity index (χ1v) is 6.67. The Hall–Kier alpha value is -1.02. The molecule has 0 unspecified atom stereocenters. The maximum atomic E-state index is 9.92. The fraction of sp³-hybridized carbons (Fsp3) is 0.833. The van der Waals surface area contributed by atoms with E-state index in [0.717, 1.165) is 19.3 Å². The molecule has 1 fully saturated rings. The number of aliphatic hydroxyl groups excluding tert-OH is 2. The second-order valence-electron chi connectivity index (χ2n) is 4.70. The summed E-state index contributed by atoms with van der Waals surface area (Å²) < 4.78 is 12.4. The molecule has 2 heterocycles. The molecule has 0 aromatic carbocycles. The van der Waals surface area contributed by atoms with E-state index in [1.165, 1.54) is 17.3 Å². The van der Waals surface area contributed by atoms with Gasteiger partial charge in [0.15, 0.2) is 6.23 Å². The molecule has 2 N–H and O–H groups in total. The van der Waals surface area contributed by atoms with Gasteiger partial charge in [0, 0.05) is 6.61 Å². The standard InChI is InChI=1S/C12H21N3O4/c1-2-3-4-5-18-6-9-10(16)11(17)12(19-9)15-8-13-7-14-15/h7-12,16-17H,2-6H2,1H3/t9-,10-,11-,12-/m1/s1. The molecule has 0 aliphatic carbocycles. The molecule has 0 bridgehead atoms. The van der Waals surface area contributed by atoms with E-state index in [0.29, 0.717) is 6.61 Å². The van der Waals surface area contributed by atoms with Gasteiger partial charge in [-0.25, -0.2) is 9.67 Å². The van der Waals surface area contributed by atoms with Gasteiger partial charge >= 0.3 is 0 Å². The highest BCUT2D eigenvalue weighted by Gasteiger charge is 2.44. The Morgan fingerprint density at radius 1 is 1.32 bits per heavy atom. The minimum Gasteiger partial charge on any atom is -0.387 e. The summed E-state index contributed by atoms with van der Waals surface area (Å²) in [5.74, 6) is 0. The number of ether oxygens (including phenoxy) is 2.